The summed E-state index contributed by atoms with van der Waals surface area (Å²) in [7, 11) is 0. The molecule has 0 radical (unpaired) electrons. The van der Waals surface area contributed by atoms with E-state index in [0.29, 0.717) is 19.3 Å². The Morgan fingerprint density at radius 3 is 2.50 bits per heavy atom. The van der Waals surface area contributed by atoms with Gasteiger partial charge in [0, 0.05) is 6.42 Å². The second-order valence-corrected chi connectivity index (χ2v) is 3.19. The van der Waals surface area contributed by atoms with Crippen LogP contribution in [-0.4, -0.2) is 21.9 Å². The van der Waals surface area contributed by atoms with Crippen LogP contribution in [0.1, 0.15) is 40.0 Å². The molecule has 0 saturated heterocycles. The molecule has 0 spiro atoms. The number of hydrogen-bond acceptors (Lipinski definition) is 2. The predicted octanol–water partition coefficient (Wildman–Crippen LogP) is 1.31. The highest BCUT2D eigenvalue weighted by Gasteiger charge is 2.27. The summed E-state index contributed by atoms with van der Waals surface area (Å²) in [6.07, 6.45) is 1.09. The van der Waals surface area contributed by atoms with Crippen LogP contribution in [0.3, 0.4) is 0 Å². The maximum atomic E-state index is 9.59. The highest BCUT2D eigenvalue weighted by atomic mass is 16.3. The molecule has 0 rings (SSSR count). The fourth-order valence-electron chi connectivity index (χ4n) is 0.880. The molecule has 12 heavy (non-hydrogen) atoms. The van der Waals surface area contributed by atoms with Crippen LogP contribution in [0.5, 0.6) is 0 Å². The van der Waals surface area contributed by atoms with Gasteiger partial charge in [-0.1, -0.05) is 6.92 Å². The molecule has 2 atom stereocenters. The molecule has 0 amide bonds. The molecule has 2 heteroatoms. The van der Waals surface area contributed by atoms with Gasteiger partial charge in [-0.05, 0) is 26.7 Å². The van der Waals surface area contributed by atoms with Gasteiger partial charge in [-0.2, -0.15) is 0 Å². The smallest absolute Gasteiger partial charge is 0.0875 e. The van der Waals surface area contributed by atoms with Gasteiger partial charge in [-0.15, -0.1) is 11.8 Å². The second kappa shape index (κ2) is 5.18. The van der Waals surface area contributed by atoms with E-state index in [2.05, 4.69) is 11.8 Å². The summed E-state index contributed by atoms with van der Waals surface area (Å²) in [5, 5.41) is 19.1. The van der Waals surface area contributed by atoms with Crippen LogP contribution in [0.2, 0.25) is 0 Å². The zero-order valence-electron chi connectivity index (χ0n) is 8.09. The molecule has 2 unspecified atom stereocenters. The molecule has 0 fully saturated rings. The van der Waals surface area contributed by atoms with Crippen LogP contribution in [0.4, 0.5) is 0 Å². The predicted molar refractivity (Wildman–Crippen MR) is 49.6 cm³/mol. The Morgan fingerprint density at radius 2 is 2.08 bits per heavy atom. The van der Waals surface area contributed by atoms with Gasteiger partial charge in [0.05, 0.1) is 11.7 Å². The van der Waals surface area contributed by atoms with Gasteiger partial charge in [-0.3, -0.25) is 0 Å². The normalized spacial score (nSPS) is 17.4. The molecule has 0 heterocycles. The minimum absolute atomic E-state index is 0.543. The number of aliphatic hydroxyl groups is 2. The molecule has 0 bridgehead atoms. The quantitative estimate of drug-likeness (QED) is 0.624. The SMILES string of the molecule is CC#CCCC(O)C(C)(O)CC. The molecular weight excluding hydrogens is 152 g/mol. The topological polar surface area (TPSA) is 40.5 Å². The molecule has 0 aliphatic heterocycles. The summed E-state index contributed by atoms with van der Waals surface area (Å²) in [5.74, 6) is 5.60. The molecule has 0 aromatic carbocycles. The third-order valence-electron chi connectivity index (χ3n) is 2.15. The molecule has 2 nitrogen and oxygen atoms in total. The average molecular weight is 170 g/mol. The van der Waals surface area contributed by atoms with Crippen molar-refractivity contribution in [2.24, 2.45) is 0 Å². The van der Waals surface area contributed by atoms with Gasteiger partial charge in [-0.25, -0.2) is 0 Å². The first kappa shape index (κ1) is 11.5. The van der Waals surface area contributed by atoms with E-state index >= 15 is 0 Å². The zero-order valence-corrected chi connectivity index (χ0v) is 8.09. The Balaban J connectivity index is 3.83. The summed E-state index contributed by atoms with van der Waals surface area (Å²) in [6.45, 7) is 5.27. The van der Waals surface area contributed by atoms with Gasteiger partial charge in [0.1, 0.15) is 0 Å². The molecule has 2 N–H and O–H groups in total. The lowest BCUT2D eigenvalue weighted by Crippen LogP contribution is -2.38. The van der Waals surface area contributed by atoms with Gasteiger partial charge >= 0.3 is 0 Å². The highest BCUT2D eigenvalue weighted by molar-refractivity contribution is 4.96. The van der Waals surface area contributed by atoms with E-state index in [1.165, 1.54) is 0 Å². The lowest BCUT2D eigenvalue weighted by atomic mass is 9.93. The molecule has 0 aromatic rings. The van der Waals surface area contributed by atoms with Crippen LogP contribution in [0.25, 0.3) is 0 Å². The van der Waals surface area contributed by atoms with Crippen molar-refractivity contribution >= 4 is 0 Å². The Kier molecular flexibility index (Phi) is 4.96. The molecule has 0 aliphatic carbocycles. The number of hydrogen-bond donors (Lipinski definition) is 2. The van der Waals surface area contributed by atoms with Crippen LogP contribution < -0.4 is 0 Å². The third-order valence-corrected chi connectivity index (χ3v) is 2.15. The van der Waals surface area contributed by atoms with E-state index in [0.717, 1.165) is 0 Å². The largest absolute Gasteiger partial charge is 0.390 e. The Bertz CT molecular complexity index is 174. The zero-order chi connectivity index (χ0) is 9.61. The standard InChI is InChI=1S/C10H18O2/c1-4-6-7-8-9(11)10(3,12)5-2/h9,11-12H,5,7-8H2,1-3H3. The number of rotatable bonds is 4. The Labute approximate surface area is 74.6 Å². The van der Waals surface area contributed by atoms with Crippen LogP contribution >= 0.6 is 0 Å². The van der Waals surface area contributed by atoms with Crippen LogP contribution in [0, 0.1) is 11.8 Å². The minimum atomic E-state index is -0.963. The summed E-state index contributed by atoms with van der Waals surface area (Å²) in [5.41, 5.74) is -0.963. The first-order valence-electron chi connectivity index (χ1n) is 4.34. The van der Waals surface area contributed by atoms with Crippen molar-refractivity contribution in [1.29, 1.82) is 0 Å². The second-order valence-electron chi connectivity index (χ2n) is 3.19. The molecular formula is C10H18O2. The monoisotopic (exact) mass is 170 g/mol. The summed E-state index contributed by atoms with van der Waals surface area (Å²) >= 11 is 0. The van der Waals surface area contributed by atoms with E-state index in [1.807, 2.05) is 6.92 Å². The van der Waals surface area contributed by atoms with Crippen molar-refractivity contribution in [1.82, 2.24) is 0 Å². The minimum Gasteiger partial charge on any atom is -0.390 e. The summed E-state index contributed by atoms with van der Waals surface area (Å²) in [6, 6.07) is 0. The Hall–Kier alpha value is -0.520. The van der Waals surface area contributed by atoms with Gasteiger partial charge in [0.25, 0.3) is 0 Å². The lowest BCUT2D eigenvalue weighted by molar-refractivity contribution is -0.0662. The average Bonchev–Trinajstić information content (AvgIpc) is 2.05. The van der Waals surface area contributed by atoms with E-state index < -0.39 is 11.7 Å². The molecule has 0 aromatic heterocycles. The number of aliphatic hydroxyl groups excluding tert-OH is 1. The maximum absolute atomic E-state index is 9.59. The third kappa shape index (κ3) is 3.75. The first-order chi connectivity index (χ1) is 5.54. The highest BCUT2D eigenvalue weighted by Crippen LogP contribution is 2.17. The van der Waals surface area contributed by atoms with Crippen molar-refractivity contribution in [3.05, 3.63) is 0 Å². The molecule has 0 aliphatic rings. The van der Waals surface area contributed by atoms with Crippen molar-refractivity contribution < 1.29 is 10.2 Å². The van der Waals surface area contributed by atoms with Crippen LogP contribution in [0.15, 0.2) is 0 Å². The molecule has 70 valence electrons. The van der Waals surface area contributed by atoms with Crippen molar-refractivity contribution in [2.45, 2.75) is 51.7 Å². The maximum Gasteiger partial charge on any atom is 0.0875 e. The first-order valence-corrected chi connectivity index (χ1v) is 4.34. The van der Waals surface area contributed by atoms with Crippen molar-refractivity contribution in [3.63, 3.8) is 0 Å². The van der Waals surface area contributed by atoms with E-state index in [-0.39, 0.29) is 0 Å². The summed E-state index contributed by atoms with van der Waals surface area (Å²) in [4.78, 5) is 0. The van der Waals surface area contributed by atoms with Crippen molar-refractivity contribution in [3.8, 4) is 11.8 Å². The van der Waals surface area contributed by atoms with Gasteiger partial charge in [0.15, 0.2) is 0 Å². The van der Waals surface area contributed by atoms with E-state index in [1.54, 1.807) is 13.8 Å². The fraction of sp³-hybridized carbons (Fsp3) is 0.800. The van der Waals surface area contributed by atoms with Gasteiger partial charge in [0.2, 0.25) is 0 Å². The van der Waals surface area contributed by atoms with E-state index in [4.69, 9.17) is 0 Å². The van der Waals surface area contributed by atoms with E-state index in [9.17, 15) is 10.2 Å². The summed E-state index contributed by atoms with van der Waals surface area (Å²) < 4.78 is 0. The van der Waals surface area contributed by atoms with Crippen LogP contribution in [-0.2, 0) is 0 Å². The Morgan fingerprint density at radius 1 is 1.50 bits per heavy atom. The fourth-order valence-corrected chi connectivity index (χ4v) is 0.880. The lowest BCUT2D eigenvalue weighted by Gasteiger charge is -2.27. The molecule has 0 saturated carbocycles. The van der Waals surface area contributed by atoms with Gasteiger partial charge < -0.3 is 10.2 Å². The van der Waals surface area contributed by atoms with Crippen molar-refractivity contribution in [2.75, 3.05) is 0 Å².